The molecule has 0 aromatic carbocycles. The van der Waals surface area contributed by atoms with Crippen LogP contribution in [0, 0.1) is 28.6 Å². The number of fused-ring (bicyclic) bond motifs is 3. The molecule has 0 aromatic rings. The Bertz CT molecular complexity index is 528. The van der Waals surface area contributed by atoms with Gasteiger partial charge in [0.15, 0.2) is 0 Å². The van der Waals surface area contributed by atoms with Crippen molar-refractivity contribution in [2.24, 2.45) is 28.6 Å². The third kappa shape index (κ3) is 3.86. The fraction of sp³-hybridized carbons (Fsp3) is 0.708. The van der Waals surface area contributed by atoms with Gasteiger partial charge in [-0.25, -0.2) is 0 Å². The second kappa shape index (κ2) is 8.52. The molecule has 0 aromatic heterocycles. The highest BCUT2D eigenvalue weighted by Crippen LogP contribution is 2.63. The standard InChI is InChI=1S/C20H30O.C4H8/c1-4-11-20(3)15(10-14-21)7-8-16-17-6-5-12-19(17,2)13-9-18(16)20;1-3-4-2/h4,10-11,14,16-18H,5-9,12-13H2,1-3H3;3H,1,4H2,2H3/b11-4-,15-10-;. The van der Waals surface area contributed by atoms with Crippen LogP contribution in [0.2, 0.25) is 0 Å². The van der Waals surface area contributed by atoms with E-state index in [1.165, 1.54) is 44.1 Å². The van der Waals surface area contributed by atoms with Crippen LogP contribution >= 0.6 is 0 Å². The summed E-state index contributed by atoms with van der Waals surface area (Å²) in [6.07, 6.45) is 19.9. The monoisotopic (exact) mass is 342 g/mol. The Balaban J connectivity index is 0.000000511. The van der Waals surface area contributed by atoms with Crippen LogP contribution < -0.4 is 0 Å². The number of rotatable bonds is 3. The molecule has 3 aliphatic carbocycles. The van der Waals surface area contributed by atoms with Crippen molar-refractivity contribution in [3.8, 4) is 0 Å². The van der Waals surface area contributed by atoms with E-state index in [9.17, 15) is 4.79 Å². The van der Waals surface area contributed by atoms with Gasteiger partial charge in [-0.2, -0.15) is 0 Å². The number of carbonyl (C=O) groups is 1. The number of hydrogen-bond donors (Lipinski definition) is 0. The van der Waals surface area contributed by atoms with Gasteiger partial charge in [0.25, 0.3) is 0 Å². The van der Waals surface area contributed by atoms with Crippen molar-refractivity contribution in [1.82, 2.24) is 0 Å². The zero-order chi connectivity index (χ0) is 18.5. The van der Waals surface area contributed by atoms with E-state index in [0.717, 1.165) is 36.9 Å². The number of aldehydes is 1. The van der Waals surface area contributed by atoms with E-state index in [0.29, 0.717) is 5.41 Å². The number of carbonyl (C=O) groups excluding carboxylic acids is 1. The molecule has 0 spiro atoms. The van der Waals surface area contributed by atoms with Crippen LogP contribution in [0.15, 0.2) is 36.5 Å². The molecule has 0 amide bonds. The summed E-state index contributed by atoms with van der Waals surface area (Å²) in [4.78, 5) is 11.1. The summed E-state index contributed by atoms with van der Waals surface area (Å²) in [6.45, 7) is 12.6. The SMILES string of the molecule is C/C=C\C1(C)/C(=C\C=O)CCC2C3CCCC3(C)CCC21.C=CCC. The molecule has 5 atom stereocenters. The molecular weight excluding hydrogens is 304 g/mol. The summed E-state index contributed by atoms with van der Waals surface area (Å²) in [7, 11) is 0. The molecule has 0 heterocycles. The van der Waals surface area contributed by atoms with Gasteiger partial charge < -0.3 is 0 Å². The third-order valence-electron chi connectivity index (χ3n) is 7.50. The van der Waals surface area contributed by atoms with Gasteiger partial charge in [-0.05, 0) is 81.1 Å². The van der Waals surface area contributed by atoms with E-state index >= 15 is 0 Å². The molecule has 3 fully saturated rings. The fourth-order valence-corrected chi connectivity index (χ4v) is 6.18. The highest BCUT2D eigenvalue weighted by Gasteiger charge is 2.54. The second-order valence-corrected chi connectivity index (χ2v) is 8.81. The first-order chi connectivity index (χ1) is 12.0. The van der Waals surface area contributed by atoms with Gasteiger partial charge in [0.2, 0.25) is 0 Å². The number of allylic oxidation sites excluding steroid dienone is 5. The fourth-order valence-electron chi connectivity index (χ4n) is 6.18. The van der Waals surface area contributed by atoms with Crippen LogP contribution in [0.5, 0.6) is 0 Å². The first-order valence-electron chi connectivity index (χ1n) is 10.4. The van der Waals surface area contributed by atoms with E-state index in [1.54, 1.807) is 0 Å². The molecule has 0 radical (unpaired) electrons. The lowest BCUT2D eigenvalue weighted by atomic mass is 9.49. The lowest BCUT2D eigenvalue weighted by Gasteiger charge is -2.55. The lowest BCUT2D eigenvalue weighted by molar-refractivity contribution is -0.104. The maximum atomic E-state index is 11.1. The van der Waals surface area contributed by atoms with Crippen LogP contribution in [0.1, 0.15) is 79.1 Å². The van der Waals surface area contributed by atoms with Crippen LogP contribution in [-0.4, -0.2) is 6.29 Å². The summed E-state index contributed by atoms with van der Waals surface area (Å²) >= 11 is 0. The molecule has 1 heteroatoms. The van der Waals surface area contributed by atoms with Gasteiger partial charge in [-0.15, -0.1) is 6.58 Å². The Hall–Kier alpha value is -1.11. The average Bonchev–Trinajstić information content (AvgIpc) is 3.00. The zero-order valence-corrected chi connectivity index (χ0v) is 16.9. The molecular formula is C24H38O. The highest BCUT2D eigenvalue weighted by molar-refractivity contribution is 5.67. The molecule has 3 rings (SSSR count). The quantitative estimate of drug-likeness (QED) is 0.309. The Kier molecular flexibility index (Phi) is 6.88. The molecule has 0 bridgehead atoms. The Morgan fingerprint density at radius 1 is 1.16 bits per heavy atom. The second-order valence-electron chi connectivity index (χ2n) is 8.81. The molecule has 0 N–H and O–H groups in total. The minimum atomic E-state index is 0.114. The molecule has 0 saturated heterocycles. The van der Waals surface area contributed by atoms with Crippen molar-refractivity contribution in [2.75, 3.05) is 0 Å². The zero-order valence-electron chi connectivity index (χ0n) is 16.9. The predicted octanol–water partition coefficient (Wildman–Crippen LogP) is 6.90. The van der Waals surface area contributed by atoms with E-state index in [-0.39, 0.29) is 5.41 Å². The van der Waals surface area contributed by atoms with Gasteiger partial charge >= 0.3 is 0 Å². The summed E-state index contributed by atoms with van der Waals surface area (Å²) in [5.41, 5.74) is 2.10. The first-order valence-corrected chi connectivity index (χ1v) is 10.4. The van der Waals surface area contributed by atoms with Gasteiger partial charge in [-0.1, -0.05) is 51.0 Å². The average molecular weight is 343 g/mol. The van der Waals surface area contributed by atoms with Crippen molar-refractivity contribution in [1.29, 1.82) is 0 Å². The van der Waals surface area contributed by atoms with Crippen LogP contribution in [0.4, 0.5) is 0 Å². The molecule has 5 unspecified atom stereocenters. The molecule has 1 nitrogen and oxygen atoms in total. The van der Waals surface area contributed by atoms with Crippen LogP contribution in [0.3, 0.4) is 0 Å². The Morgan fingerprint density at radius 3 is 2.48 bits per heavy atom. The van der Waals surface area contributed by atoms with Gasteiger partial charge in [0.05, 0.1) is 0 Å². The minimum absolute atomic E-state index is 0.114. The van der Waals surface area contributed by atoms with E-state index in [2.05, 4.69) is 46.4 Å². The van der Waals surface area contributed by atoms with Crippen molar-refractivity contribution in [2.45, 2.75) is 79.1 Å². The molecule has 0 aliphatic heterocycles. The van der Waals surface area contributed by atoms with E-state index < -0.39 is 0 Å². The molecule has 25 heavy (non-hydrogen) atoms. The topological polar surface area (TPSA) is 17.1 Å². The summed E-state index contributed by atoms with van der Waals surface area (Å²) in [5.74, 6) is 2.54. The van der Waals surface area contributed by atoms with Crippen molar-refractivity contribution in [3.63, 3.8) is 0 Å². The van der Waals surface area contributed by atoms with E-state index in [1.807, 2.05) is 12.2 Å². The number of hydrogen-bond acceptors (Lipinski definition) is 1. The molecule has 3 saturated carbocycles. The Morgan fingerprint density at radius 2 is 1.88 bits per heavy atom. The van der Waals surface area contributed by atoms with Crippen LogP contribution in [-0.2, 0) is 4.79 Å². The van der Waals surface area contributed by atoms with Crippen molar-refractivity contribution >= 4 is 6.29 Å². The normalized spacial score (nSPS) is 41.6. The van der Waals surface area contributed by atoms with E-state index in [4.69, 9.17) is 0 Å². The summed E-state index contributed by atoms with van der Waals surface area (Å²) < 4.78 is 0. The summed E-state index contributed by atoms with van der Waals surface area (Å²) in [5, 5.41) is 0. The lowest BCUT2D eigenvalue weighted by Crippen LogP contribution is -2.47. The Labute approximate surface area is 155 Å². The third-order valence-corrected chi connectivity index (χ3v) is 7.50. The van der Waals surface area contributed by atoms with Crippen LogP contribution in [0.25, 0.3) is 0 Å². The smallest absolute Gasteiger partial charge is 0.142 e. The molecule has 140 valence electrons. The van der Waals surface area contributed by atoms with Crippen molar-refractivity contribution < 1.29 is 4.79 Å². The summed E-state index contributed by atoms with van der Waals surface area (Å²) in [6, 6.07) is 0. The predicted molar refractivity (Wildman–Crippen MR) is 108 cm³/mol. The maximum Gasteiger partial charge on any atom is 0.142 e. The van der Waals surface area contributed by atoms with Gasteiger partial charge in [0.1, 0.15) is 6.29 Å². The highest BCUT2D eigenvalue weighted by atomic mass is 16.1. The van der Waals surface area contributed by atoms with Gasteiger partial charge in [-0.3, -0.25) is 4.79 Å². The maximum absolute atomic E-state index is 11.1. The van der Waals surface area contributed by atoms with Gasteiger partial charge in [0, 0.05) is 5.41 Å². The largest absolute Gasteiger partial charge is 0.299 e. The van der Waals surface area contributed by atoms with Crippen molar-refractivity contribution in [3.05, 3.63) is 36.5 Å². The minimum Gasteiger partial charge on any atom is -0.299 e. The molecule has 3 aliphatic rings. The first kappa shape index (κ1) is 20.2.